The predicted molar refractivity (Wildman–Crippen MR) is 118 cm³/mol. The van der Waals surface area contributed by atoms with Crippen molar-refractivity contribution in [3.63, 3.8) is 0 Å². The summed E-state index contributed by atoms with van der Waals surface area (Å²) in [4.78, 5) is 16.0. The van der Waals surface area contributed by atoms with E-state index in [9.17, 15) is 4.79 Å². The molecule has 9 heteroatoms. The van der Waals surface area contributed by atoms with E-state index in [-0.39, 0.29) is 42.0 Å². The third-order valence-electron chi connectivity index (χ3n) is 3.39. The Morgan fingerprint density at radius 2 is 1.56 bits per heavy atom. The van der Waals surface area contributed by atoms with E-state index in [1.807, 2.05) is 26.8 Å². The molecule has 0 aliphatic heterocycles. The van der Waals surface area contributed by atoms with Crippen molar-refractivity contribution in [1.82, 2.24) is 16.0 Å². The van der Waals surface area contributed by atoms with Gasteiger partial charge in [0.1, 0.15) is 5.75 Å². The first-order valence-corrected chi connectivity index (χ1v) is 8.28. The van der Waals surface area contributed by atoms with Gasteiger partial charge in [-0.15, -0.1) is 24.0 Å². The zero-order chi connectivity index (χ0) is 19.7. The number of halogens is 1. The topological polar surface area (TPSA) is 93.2 Å². The lowest BCUT2D eigenvalue weighted by molar-refractivity contribution is -0.121. The number of amides is 1. The van der Waals surface area contributed by atoms with Gasteiger partial charge in [-0.2, -0.15) is 0 Å². The number of nitrogens with zero attached hydrogens (tertiary/aromatic N) is 1. The first-order chi connectivity index (χ1) is 12.2. The molecule has 3 N–H and O–H groups in total. The summed E-state index contributed by atoms with van der Waals surface area (Å²) in [5.41, 5.74) is 0.593. The van der Waals surface area contributed by atoms with Gasteiger partial charge in [0, 0.05) is 30.8 Å². The first kappa shape index (κ1) is 25.1. The number of nitrogens with one attached hydrogen (secondary N) is 3. The molecular formula is C18H31IN4O4. The van der Waals surface area contributed by atoms with Crippen molar-refractivity contribution in [2.75, 3.05) is 34.9 Å². The maximum absolute atomic E-state index is 11.9. The fraction of sp³-hybridized carbons (Fsp3) is 0.556. The van der Waals surface area contributed by atoms with Crippen LogP contribution in [0.15, 0.2) is 17.1 Å². The summed E-state index contributed by atoms with van der Waals surface area (Å²) in [6.07, 6.45) is 0. The van der Waals surface area contributed by atoms with Gasteiger partial charge in [-0.1, -0.05) is 0 Å². The average molecular weight is 494 g/mol. The number of methoxy groups -OCH3 is 3. The minimum absolute atomic E-state index is 0. The van der Waals surface area contributed by atoms with Crippen LogP contribution in [0.3, 0.4) is 0 Å². The SMILES string of the molecule is CN=C(NCC(=O)NC(C)(C)C)NCc1cc(OC)c(OC)cc1OC.I. The summed E-state index contributed by atoms with van der Waals surface area (Å²) in [6.45, 7) is 6.36. The molecule has 1 aromatic rings. The second-order valence-electron chi connectivity index (χ2n) is 6.60. The van der Waals surface area contributed by atoms with E-state index in [2.05, 4.69) is 20.9 Å². The minimum atomic E-state index is -0.275. The van der Waals surface area contributed by atoms with Crippen molar-refractivity contribution >= 4 is 35.8 Å². The number of guanidine groups is 1. The highest BCUT2D eigenvalue weighted by molar-refractivity contribution is 14.0. The number of rotatable bonds is 7. The Kier molecular flexibility index (Phi) is 10.9. The molecule has 0 radical (unpaired) electrons. The average Bonchev–Trinajstić information content (AvgIpc) is 2.59. The molecule has 0 aromatic heterocycles. The Balaban J connectivity index is 0.00000676. The molecule has 0 heterocycles. The van der Waals surface area contributed by atoms with Crippen LogP contribution in [-0.2, 0) is 11.3 Å². The fourth-order valence-electron chi connectivity index (χ4n) is 2.26. The molecule has 0 spiro atoms. The smallest absolute Gasteiger partial charge is 0.239 e. The Labute approximate surface area is 178 Å². The minimum Gasteiger partial charge on any atom is -0.496 e. The Bertz CT molecular complexity index is 645. The first-order valence-electron chi connectivity index (χ1n) is 8.28. The van der Waals surface area contributed by atoms with E-state index in [1.165, 1.54) is 0 Å². The highest BCUT2D eigenvalue weighted by atomic mass is 127. The van der Waals surface area contributed by atoms with E-state index in [4.69, 9.17) is 14.2 Å². The molecule has 0 aliphatic carbocycles. The van der Waals surface area contributed by atoms with Crippen LogP contribution in [0.5, 0.6) is 17.2 Å². The lowest BCUT2D eigenvalue weighted by atomic mass is 10.1. The largest absolute Gasteiger partial charge is 0.496 e. The summed E-state index contributed by atoms with van der Waals surface area (Å²) in [5.74, 6) is 2.26. The van der Waals surface area contributed by atoms with E-state index in [0.717, 1.165) is 5.56 Å². The van der Waals surface area contributed by atoms with Gasteiger partial charge in [0.25, 0.3) is 0 Å². The lowest BCUT2D eigenvalue weighted by Gasteiger charge is -2.21. The molecule has 0 fully saturated rings. The molecule has 0 atom stereocenters. The predicted octanol–water partition coefficient (Wildman–Crippen LogP) is 1.91. The maximum Gasteiger partial charge on any atom is 0.239 e. The third-order valence-corrected chi connectivity index (χ3v) is 3.39. The van der Waals surface area contributed by atoms with Gasteiger partial charge >= 0.3 is 0 Å². The van der Waals surface area contributed by atoms with Gasteiger partial charge in [-0.05, 0) is 26.8 Å². The quantitative estimate of drug-likeness (QED) is 0.305. The van der Waals surface area contributed by atoms with E-state index < -0.39 is 0 Å². The van der Waals surface area contributed by atoms with Crippen LogP contribution < -0.4 is 30.2 Å². The summed E-state index contributed by atoms with van der Waals surface area (Å²) in [7, 11) is 6.39. The van der Waals surface area contributed by atoms with Crippen LogP contribution in [0.25, 0.3) is 0 Å². The Morgan fingerprint density at radius 1 is 1.00 bits per heavy atom. The van der Waals surface area contributed by atoms with Gasteiger partial charge in [0.15, 0.2) is 17.5 Å². The van der Waals surface area contributed by atoms with E-state index in [1.54, 1.807) is 34.4 Å². The van der Waals surface area contributed by atoms with Crippen LogP contribution in [0.1, 0.15) is 26.3 Å². The van der Waals surface area contributed by atoms with E-state index in [0.29, 0.717) is 29.8 Å². The summed E-state index contributed by atoms with van der Waals surface area (Å²) < 4.78 is 16.0. The normalized spacial score (nSPS) is 11.1. The zero-order valence-corrected chi connectivity index (χ0v) is 19.4. The van der Waals surface area contributed by atoms with Crippen molar-refractivity contribution in [3.8, 4) is 17.2 Å². The number of hydrogen-bond acceptors (Lipinski definition) is 5. The van der Waals surface area contributed by atoms with Crippen molar-refractivity contribution < 1.29 is 19.0 Å². The van der Waals surface area contributed by atoms with Gasteiger partial charge in [0.05, 0.1) is 27.9 Å². The van der Waals surface area contributed by atoms with Gasteiger partial charge in [-0.3, -0.25) is 9.79 Å². The third kappa shape index (κ3) is 8.55. The molecule has 154 valence electrons. The van der Waals surface area contributed by atoms with Crippen molar-refractivity contribution in [1.29, 1.82) is 0 Å². The highest BCUT2D eigenvalue weighted by Crippen LogP contribution is 2.34. The van der Waals surface area contributed by atoms with Crippen LogP contribution in [0, 0.1) is 0 Å². The molecule has 8 nitrogen and oxygen atoms in total. The monoisotopic (exact) mass is 494 g/mol. The molecule has 1 rings (SSSR count). The molecule has 0 bridgehead atoms. The number of ether oxygens (including phenoxy) is 3. The van der Waals surface area contributed by atoms with Crippen LogP contribution in [0.4, 0.5) is 0 Å². The fourth-order valence-corrected chi connectivity index (χ4v) is 2.26. The van der Waals surface area contributed by atoms with Crippen molar-refractivity contribution in [2.45, 2.75) is 32.9 Å². The number of hydrogen-bond donors (Lipinski definition) is 3. The second-order valence-corrected chi connectivity index (χ2v) is 6.60. The summed E-state index contributed by atoms with van der Waals surface area (Å²) in [6, 6.07) is 3.60. The van der Waals surface area contributed by atoms with Crippen molar-refractivity contribution in [2.24, 2.45) is 4.99 Å². The number of aliphatic imine (C=N–C) groups is 1. The van der Waals surface area contributed by atoms with Crippen LogP contribution in [0.2, 0.25) is 0 Å². The summed E-state index contributed by atoms with van der Waals surface area (Å²) in [5, 5.41) is 9.01. The highest BCUT2D eigenvalue weighted by Gasteiger charge is 2.15. The standard InChI is InChI=1S/C18H30N4O4.HI/c1-18(2,3)22-16(23)11-21-17(19-4)20-10-12-8-14(25-6)15(26-7)9-13(12)24-5;/h8-9H,10-11H2,1-7H3,(H,22,23)(H2,19,20,21);1H. The van der Waals surface area contributed by atoms with Crippen molar-refractivity contribution in [3.05, 3.63) is 17.7 Å². The molecule has 0 unspecified atom stereocenters. The van der Waals surface area contributed by atoms with Gasteiger partial charge in [0.2, 0.25) is 5.91 Å². The molecule has 0 saturated heterocycles. The van der Waals surface area contributed by atoms with E-state index >= 15 is 0 Å². The maximum atomic E-state index is 11.9. The van der Waals surface area contributed by atoms with Crippen LogP contribution in [-0.4, -0.2) is 52.3 Å². The van der Waals surface area contributed by atoms with Gasteiger partial charge < -0.3 is 30.2 Å². The zero-order valence-electron chi connectivity index (χ0n) is 17.1. The molecule has 1 amide bonds. The molecular weight excluding hydrogens is 463 g/mol. The summed E-state index contributed by atoms with van der Waals surface area (Å²) >= 11 is 0. The number of carbonyl (C=O) groups is 1. The lowest BCUT2D eigenvalue weighted by Crippen LogP contribution is -2.48. The number of benzene rings is 1. The van der Waals surface area contributed by atoms with Crippen LogP contribution >= 0.6 is 24.0 Å². The Hall–Kier alpha value is -1.91. The number of carbonyl (C=O) groups excluding carboxylic acids is 1. The molecule has 0 aliphatic rings. The molecule has 1 aromatic carbocycles. The molecule has 0 saturated carbocycles. The molecule has 27 heavy (non-hydrogen) atoms. The second kappa shape index (κ2) is 11.7. The Morgan fingerprint density at radius 3 is 2.04 bits per heavy atom. The van der Waals surface area contributed by atoms with Gasteiger partial charge in [-0.25, -0.2) is 0 Å².